The van der Waals surface area contributed by atoms with E-state index >= 15 is 0 Å². The van der Waals surface area contributed by atoms with Crippen LogP contribution in [0.1, 0.15) is 81.7 Å². The van der Waals surface area contributed by atoms with Crippen LogP contribution in [-0.2, 0) is 17.6 Å². The molecule has 1 N–H and O–H groups in total. The van der Waals surface area contributed by atoms with E-state index in [0.717, 1.165) is 68.8 Å². The van der Waals surface area contributed by atoms with E-state index in [9.17, 15) is 4.79 Å². The number of amides is 1. The van der Waals surface area contributed by atoms with Gasteiger partial charge >= 0.3 is 0 Å². The summed E-state index contributed by atoms with van der Waals surface area (Å²) < 4.78 is 0. The monoisotopic (exact) mass is 426 g/mol. The van der Waals surface area contributed by atoms with E-state index in [1.165, 1.54) is 29.7 Å². The van der Waals surface area contributed by atoms with Crippen LogP contribution in [0.2, 0.25) is 0 Å². The fourth-order valence-corrected chi connectivity index (χ4v) is 4.85. The van der Waals surface area contributed by atoms with Crippen molar-refractivity contribution >= 4 is 11.6 Å². The summed E-state index contributed by atoms with van der Waals surface area (Å²) in [4.78, 5) is 22.3. The second-order valence-electron chi connectivity index (χ2n) is 8.73. The highest BCUT2D eigenvalue weighted by Crippen LogP contribution is 2.37. The summed E-state index contributed by atoms with van der Waals surface area (Å²) in [5, 5.41) is 15.1. The van der Waals surface area contributed by atoms with E-state index in [-0.39, 0.29) is 5.91 Å². The van der Waals surface area contributed by atoms with E-state index in [2.05, 4.69) is 45.7 Å². The van der Waals surface area contributed by atoms with Crippen molar-refractivity contribution in [3.63, 3.8) is 0 Å². The van der Waals surface area contributed by atoms with Gasteiger partial charge in [0.15, 0.2) is 11.6 Å². The van der Waals surface area contributed by atoms with E-state index in [4.69, 9.17) is 4.84 Å². The van der Waals surface area contributed by atoms with Crippen LogP contribution >= 0.6 is 0 Å². The minimum absolute atomic E-state index is 0.00971. The zero-order valence-corrected chi connectivity index (χ0v) is 18.8. The Morgan fingerprint density at radius 1 is 1.13 bits per heavy atom. The molecule has 0 saturated heterocycles. The second kappa shape index (κ2) is 10.2. The number of fused-ring (bicyclic) bond motifs is 1. The van der Waals surface area contributed by atoms with Crippen LogP contribution in [0.5, 0.6) is 5.75 Å². The molecule has 0 unspecified atom stereocenters. The molecule has 0 atom stereocenters. The third kappa shape index (κ3) is 5.06. The molecule has 1 saturated carbocycles. The van der Waals surface area contributed by atoms with Gasteiger partial charge in [0.25, 0.3) is 0 Å². The quantitative estimate of drug-likeness (QED) is 0.623. The van der Waals surface area contributed by atoms with Crippen LogP contribution in [0, 0.1) is 0 Å². The molecule has 31 heavy (non-hydrogen) atoms. The number of carbonyl (C=O) groups is 1. The molecule has 1 aliphatic heterocycles. The molecule has 1 aromatic carbocycles. The molecular formula is C23H34N6O2. The predicted octanol–water partition coefficient (Wildman–Crippen LogP) is 3.72. The summed E-state index contributed by atoms with van der Waals surface area (Å²) in [6.07, 6.45) is 9.47. The van der Waals surface area contributed by atoms with Crippen LogP contribution in [0.4, 0.5) is 5.69 Å². The number of hydrogen-bond donors (Lipinski definition) is 1. The first-order valence-electron chi connectivity index (χ1n) is 11.8. The Labute approximate surface area is 184 Å². The van der Waals surface area contributed by atoms with Gasteiger partial charge in [0.1, 0.15) is 0 Å². The molecule has 8 heteroatoms. The number of nitrogens with zero attached hydrogens (tertiary/aromatic N) is 5. The van der Waals surface area contributed by atoms with E-state index in [1.54, 1.807) is 0 Å². The lowest BCUT2D eigenvalue weighted by Crippen LogP contribution is -2.28. The van der Waals surface area contributed by atoms with Crippen LogP contribution < -0.4 is 10.2 Å². The topological polar surface area (TPSA) is 85.2 Å². The van der Waals surface area contributed by atoms with Gasteiger partial charge in [-0.15, -0.1) is 5.10 Å². The van der Waals surface area contributed by atoms with Crippen molar-refractivity contribution in [2.45, 2.75) is 77.6 Å². The average molecular weight is 427 g/mol. The second-order valence-corrected chi connectivity index (χ2v) is 8.73. The van der Waals surface area contributed by atoms with Crippen molar-refractivity contribution < 1.29 is 9.63 Å². The van der Waals surface area contributed by atoms with Gasteiger partial charge in [-0.1, -0.05) is 44.0 Å². The lowest BCUT2D eigenvalue weighted by atomic mass is 9.89. The van der Waals surface area contributed by atoms with Gasteiger partial charge in [0.2, 0.25) is 5.91 Å². The summed E-state index contributed by atoms with van der Waals surface area (Å²) >= 11 is 0. The number of rotatable bonds is 10. The number of tetrazole rings is 1. The van der Waals surface area contributed by atoms with Crippen LogP contribution in [-0.4, -0.2) is 50.8 Å². The molecule has 1 aromatic heterocycles. The van der Waals surface area contributed by atoms with Gasteiger partial charge in [0, 0.05) is 12.5 Å². The number of anilines is 1. The third-order valence-corrected chi connectivity index (χ3v) is 6.37. The maximum atomic E-state index is 12.2. The first kappa shape index (κ1) is 21.7. The van der Waals surface area contributed by atoms with E-state index in [1.807, 2.05) is 6.07 Å². The molecule has 8 nitrogen and oxygen atoms in total. The SMILES string of the molecule is CCCN(CCC)CCc1ccc(On2nnnc2C2CCCCC2)c2c1CC(=O)N2. The van der Waals surface area contributed by atoms with Crippen molar-refractivity contribution in [2.24, 2.45) is 0 Å². The van der Waals surface area contributed by atoms with Crippen molar-refractivity contribution in [1.82, 2.24) is 25.3 Å². The van der Waals surface area contributed by atoms with Crippen molar-refractivity contribution in [3.05, 3.63) is 29.1 Å². The molecule has 1 fully saturated rings. The standard InChI is InChI=1S/C23H34N6O2/c1-3-13-28(14-4-2)15-12-17-10-11-20(22-19(17)16-21(30)24-22)31-29-23(25-26-27-29)18-8-6-5-7-9-18/h10-11,18H,3-9,12-16H2,1-2H3,(H,24,30). The maximum absolute atomic E-state index is 12.2. The van der Waals surface area contributed by atoms with E-state index in [0.29, 0.717) is 18.1 Å². The van der Waals surface area contributed by atoms with Gasteiger partial charge in [-0.3, -0.25) is 4.79 Å². The van der Waals surface area contributed by atoms with Gasteiger partial charge in [0.05, 0.1) is 12.1 Å². The summed E-state index contributed by atoms with van der Waals surface area (Å²) in [5.74, 6) is 1.72. The summed E-state index contributed by atoms with van der Waals surface area (Å²) in [7, 11) is 0. The van der Waals surface area contributed by atoms with Crippen LogP contribution in [0.25, 0.3) is 0 Å². The lowest BCUT2D eigenvalue weighted by Gasteiger charge is -2.22. The number of aromatic nitrogens is 4. The molecule has 1 aliphatic carbocycles. The molecule has 1 amide bonds. The zero-order valence-electron chi connectivity index (χ0n) is 18.8. The molecule has 0 bridgehead atoms. The molecular weight excluding hydrogens is 392 g/mol. The number of nitrogens with one attached hydrogen (secondary N) is 1. The predicted molar refractivity (Wildman–Crippen MR) is 119 cm³/mol. The van der Waals surface area contributed by atoms with Gasteiger partial charge in [-0.25, -0.2) is 0 Å². The normalized spacial score (nSPS) is 16.5. The Bertz CT molecular complexity index is 884. The molecule has 0 spiro atoms. The summed E-state index contributed by atoms with van der Waals surface area (Å²) in [5.41, 5.74) is 3.02. The third-order valence-electron chi connectivity index (χ3n) is 6.37. The highest BCUT2D eigenvalue weighted by molar-refractivity contribution is 6.01. The van der Waals surface area contributed by atoms with Crippen molar-refractivity contribution in [3.8, 4) is 5.75 Å². The molecule has 168 valence electrons. The van der Waals surface area contributed by atoms with Crippen LogP contribution in [0.15, 0.2) is 12.1 Å². The van der Waals surface area contributed by atoms with E-state index < -0.39 is 0 Å². The Balaban J connectivity index is 1.52. The minimum Gasteiger partial charge on any atom is -0.353 e. The summed E-state index contributed by atoms with van der Waals surface area (Å²) in [6.45, 7) is 7.65. The largest absolute Gasteiger partial charge is 0.353 e. The Morgan fingerprint density at radius 3 is 2.65 bits per heavy atom. The number of benzene rings is 1. The van der Waals surface area contributed by atoms with Gasteiger partial charge in [-0.2, -0.15) is 0 Å². The number of carbonyl (C=O) groups excluding carboxylic acids is 1. The smallest absolute Gasteiger partial charge is 0.228 e. The molecule has 2 aliphatic rings. The highest BCUT2D eigenvalue weighted by Gasteiger charge is 2.27. The Morgan fingerprint density at radius 2 is 1.90 bits per heavy atom. The molecule has 2 heterocycles. The van der Waals surface area contributed by atoms with Crippen molar-refractivity contribution in [1.29, 1.82) is 0 Å². The fourth-order valence-electron chi connectivity index (χ4n) is 4.85. The first-order valence-corrected chi connectivity index (χ1v) is 11.8. The van der Waals surface area contributed by atoms with Gasteiger partial charge in [-0.05, 0) is 72.8 Å². The van der Waals surface area contributed by atoms with Gasteiger partial charge < -0.3 is 15.1 Å². The first-order chi connectivity index (χ1) is 15.2. The average Bonchev–Trinajstić information content (AvgIpc) is 3.40. The minimum atomic E-state index is 0.00971. The highest BCUT2D eigenvalue weighted by atomic mass is 16.7. The zero-order chi connectivity index (χ0) is 21.6. The molecule has 4 rings (SSSR count). The summed E-state index contributed by atoms with van der Waals surface area (Å²) in [6, 6.07) is 4.03. The molecule has 0 radical (unpaired) electrons. The Kier molecular flexibility index (Phi) is 7.17. The number of hydrogen-bond acceptors (Lipinski definition) is 6. The Hall–Kier alpha value is -2.48. The maximum Gasteiger partial charge on any atom is 0.228 e. The van der Waals surface area contributed by atoms with Crippen molar-refractivity contribution in [2.75, 3.05) is 25.0 Å². The fraction of sp³-hybridized carbons (Fsp3) is 0.652. The molecule has 2 aromatic rings. The van der Waals surface area contributed by atoms with Crippen LogP contribution in [0.3, 0.4) is 0 Å². The lowest BCUT2D eigenvalue weighted by molar-refractivity contribution is -0.115.